The predicted octanol–water partition coefficient (Wildman–Crippen LogP) is 3.00. The number of nitrogens with one attached hydrogen (secondary N) is 1. The third kappa shape index (κ3) is 3.48. The molecule has 2 aromatic rings. The van der Waals surface area contributed by atoms with Gasteiger partial charge in [0.25, 0.3) is 5.91 Å². The van der Waals surface area contributed by atoms with E-state index in [0.717, 1.165) is 13.0 Å². The van der Waals surface area contributed by atoms with Gasteiger partial charge in [-0.2, -0.15) is 0 Å². The molecular formula is C18H22FN3O2. The Morgan fingerprint density at radius 1 is 1.50 bits per heavy atom. The van der Waals surface area contributed by atoms with Crippen LogP contribution in [0.4, 0.5) is 4.39 Å². The second-order valence-electron chi connectivity index (χ2n) is 6.30. The van der Waals surface area contributed by atoms with Crippen LogP contribution in [0.15, 0.2) is 28.8 Å². The highest BCUT2D eigenvalue weighted by Gasteiger charge is 2.23. The Labute approximate surface area is 140 Å². The lowest BCUT2D eigenvalue weighted by Gasteiger charge is -2.19. The summed E-state index contributed by atoms with van der Waals surface area (Å²) in [5, 5.41) is 6.81. The summed E-state index contributed by atoms with van der Waals surface area (Å²) in [5.74, 6) is -0.298. The first-order valence-electron chi connectivity index (χ1n) is 8.27. The molecule has 2 heterocycles. The second kappa shape index (κ2) is 7.13. The number of halogens is 1. The molecule has 1 atom stereocenters. The quantitative estimate of drug-likeness (QED) is 0.915. The lowest BCUT2D eigenvalue weighted by molar-refractivity contribution is 0.0950. The maximum Gasteiger partial charge on any atom is 0.257 e. The number of rotatable bonds is 5. The number of amides is 1. The van der Waals surface area contributed by atoms with E-state index >= 15 is 0 Å². The Balaban J connectivity index is 1.70. The van der Waals surface area contributed by atoms with E-state index in [1.807, 2.05) is 0 Å². The normalized spacial score (nSPS) is 18.0. The van der Waals surface area contributed by atoms with Crippen LogP contribution in [-0.2, 0) is 0 Å². The van der Waals surface area contributed by atoms with E-state index < -0.39 is 0 Å². The van der Waals surface area contributed by atoms with Crippen molar-refractivity contribution in [2.45, 2.75) is 32.2 Å². The Morgan fingerprint density at radius 2 is 2.33 bits per heavy atom. The van der Waals surface area contributed by atoms with Crippen molar-refractivity contribution >= 4 is 5.91 Å². The molecule has 1 aliphatic heterocycles. The van der Waals surface area contributed by atoms with Gasteiger partial charge in [0.05, 0.1) is 5.69 Å². The van der Waals surface area contributed by atoms with E-state index in [-0.39, 0.29) is 11.7 Å². The molecule has 1 amide bonds. The highest BCUT2D eigenvalue weighted by Crippen LogP contribution is 2.26. The summed E-state index contributed by atoms with van der Waals surface area (Å²) >= 11 is 0. The molecule has 1 aliphatic rings. The summed E-state index contributed by atoms with van der Waals surface area (Å²) in [5.41, 5.74) is 1.39. The van der Waals surface area contributed by atoms with Gasteiger partial charge < -0.3 is 14.7 Å². The molecule has 0 radical (unpaired) electrons. The number of aryl methyl sites for hydroxylation is 1. The first-order valence-corrected chi connectivity index (χ1v) is 8.27. The number of benzene rings is 1. The maximum atomic E-state index is 13.4. The van der Waals surface area contributed by atoms with Gasteiger partial charge in [-0.05, 0) is 51.9 Å². The van der Waals surface area contributed by atoms with Crippen molar-refractivity contribution in [3.05, 3.63) is 41.3 Å². The standard InChI is InChI=1S/C18H22FN3O2/c1-12-16(17(24-21-12)13-5-3-6-14(19)11-13)18(23)20-9-8-15-7-4-10-22(15)2/h3,5-6,11,15H,4,7-10H2,1-2H3,(H,20,23). The molecule has 0 bridgehead atoms. The van der Waals surface area contributed by atoms with Crippen LogP contribution < -0.4 is 5.32 Å². The zero-order chi connectivity index (χ0) is 17.1. The van der Waals surface area contributed by atoms with E-state index in [0.29, 0.717) is 35.2 Å². The highest BCUT2D eigenvalue weighted by molar-refractivity contribution is 6.00. The van der Waals surface area contributed by atoms with Crippen molar-refractivity contribution in [3.63, 3.8) is 0 Å². The molecule has 1 N–H and O–H groups in total. The minimum absolute atomic E-state index is 0.228. The third-order valence-corrected chi connectivity index (χ3v) is 4.61. The predicted molar refractivity (Wildman–Crippen MR) is 89.2 cm³/mol. The van der Waals surface area contributed by atoms with Crippen molar-refractivity contribution in [2.75, 3.05) is 20.1 Å². The fraction of sp³-hybridized carbons (Fsp3) is 0.444. The van der Waals surface area contributed by atoms with Crippen LogP contribution in [-0.4, -0.2) is 42.1 Å². The molecule has 1 aromatic heterocycles. The number of aromatic nitrogens is 1. The Morgan fingerprint density at radius 3 is 3.04 bits per heavy atom. The minimum Gasteiger partial charge on any atom is -0.355 e. The van der Waals surface area contributed by atoms with E-state index in [9.17, 15) is 9.18 Å². The fourth-order valence-corrected chi connectivity index (χ4v) is 3.25. The van der Waals surface area contributed by atoms with Gasteiger partial charge in [-0.3, -0.25) is 4.79 Å². The van der Waals surface area contributed by atoms with Gasteiger partial charge >= 0.3 is 0 Å². The number of hydrogen-bond acceptors (Lipinski definition) is 4. The Hall–Kier alpha value is -2.21. The minimum atomic E-state index is -0.378. The first-order chi connectivity index (χ1) is 11.6. The smallest absolute Gasteiger partial charge is 0.257 e. The number of hydrogen-bond donors (Lipinski definition) is 1. The van der Waals surface area contributed by atoms with Gasteiger partial charge in [0.1, 0.15) is 11.4 Å². The monoisotopic (exact) mass is 331 g/mol. The summed E-state index contributed by atoms with van der Waals surface area (Å²) in [6.45, 7) is 3.43. The molecule has 1 aromatic carbocycles. The molecule has 1 fully saturated rings. The molecule has 1 saturated heterocycles. The molecule has 5 nitrogen and oxygen atoms in total. The van der Waals surface area contributed by atoms with Crippen LogP contribution in [0.1, 0.15) is 35.3 Å². The van der Waals surface area contributed by atoms with Gasteiger partial charge in [-0.1, -0.05) is 17.3 Å². The van der Waals surface area contributed by atoms with E-state index in [1.165, 1.54) is 25.0 Å². The van der Waals surface area contributed by atoms with E-state index in [4.69, 9.17) is 4.52 Å². The van der Waals surface area contributed by atoms with Gasteiger partial charge in [-0.15, -0.1) is 0 Å². The van der Waals surface area contributed by atoms with Crippen molar-refractivity contribution in [1.82, 2.24) is 15.4 Å². The van der Waals surface area contributed by atoms with E-state index in [1.54, 1.807) is 19.1 Å². The molecule has 3 rings (SSSR count). The summed E-state index contributed by atoms with van der Waals surface area (Å²) in [7, 11) is 2.12. The van der Waals surface area contributed by atoms with Crippen LogP contribution in [0.3, 0.4) is 0 Å². The van der Waals surface area contributed by atoms with Gasteiger partial charge in [0.15, 0.2) is 5.76 Å². The van der Waals surface area contributed by atoms with Gasteiger partial charge in [-0.25, -0.2) is 4.39 Å². The van der Waals surface area contributed by atoms with Crippen LogP contribution in [0.5, 0.6) is 0 Å². The fourth-order valence-electron chi connectivity index (χ4n) is 3.25. The van der Waals surface area contributed by atoms with Crippen LogP contribution in [0.25, 0.3) is 11.3 Å². The van der Waals surface area contributed by atoms with Crippen molar-refractivity contribution in [2.24, 2.45) is 0 Å². The maximum absolute atomic E-state index is 13.4. The molecule has 0 spiro atoms. The van der Waals surface area contributed by atoms with E-state index in [2.05, 4.69) is 22.4 Å². The molecule has 128 valence electrons. The number of carbonyl (C=O) groups excluding carboxylic acids is 1. The molecular weight excluding hydrogens is 309 g/mol. The van der Waals surface area contributed by atoms with Crippen LogP contribution >= 0.6 is 0 Å². The first kappa shape index (κ1) is 16.6. The highest BCUT2D eigenvalue weighted by atomic mass is 19.1. The zero-order valence-electron chi connectivity index (χ0n) is 14.0. The summed E-state index contributed by atoms with van der Waals surface area (Å²) in [6.07, 6.45) is 3.30. The molecule has 6 heteroatoms. The molecule has 0 aliphatic carbocycles. The number of nitrogens with zero attached hydrogens (tertiary/aromatic N) is 2. The lowest BCUT2D eigenvalue weighted by Crippen LogP contribution is -2.32. The van der Waals surface area contributed by atoms with Crippen molar-refractivity contribution in [3.8, 4) is 11.3 Å². The average Bonchev–Trinajstić information content (AvgIpc) is 3.13. The van der Waals surface area contributed by atoms with Crippen LogP contribution in [0, 0.1) is 12.7 Å². The summed E-state index contributed by atoms with van der Waals surface area (Å²) in [4.78, 5) is 14.9. The largest absolute Gasteiger partial charge is 0.355 e. The number of likely N-dealkylation sites (tertiary alicyclic amines) is 1. The zero-order valence-corrected chi connectivity index (χ0v) is 14.0. The topological polar surface area (TPSA) is 58.4 Å². The second-order valence-corrected chi connectivity index (χ2v) is 6.30. The number of carbonyl (C=O) groups is 1. The Kier molecular flexibility index (Phi) is 4.94. The van der Waals surface area contributed by atoms with Crippen molar-refractivity contribution in [1.29, 1.82) is 0 Å². The third-order valence-electron chi connectivity index (χ3n) is 4.61. The van der Waals surface area contributed by atoms with Gasteiger partial charge in [0, 0.05) is 18.2 Å². The van der Waals surface area contributed by atoms with Crippen LogP contribution in [0.2, 0.25) is 0 Å². The Bertz CT molecular complexity index is 729. The van der Waals surface area contributed by atoms with Crippen molar-refractivity contribution < 1.29 is 13.7 Å². The SMILES string of the molecule is Cc1noc(-c2cccc(F)c2)c1C(=O)NCCC1CCCN1C. The lowest BCUT2D eigenvalue weighted by atomic mass is 10.1. The molecule has 24 heavy (non-hydrogen) atoms. The summed E-state index contributed by atoms with van der Waals surface area (Å²) in [6, 6.07) is 6.50. The molecule has 1 unspecified atom stereocenters. The molecule has 0 saturated carbocycles. The summed E-state index contributed by atoms with van der Waals surface area (Å²) < 4.78 is 18.7. The average molecular weight is 331 g/mol. The van der Waals surface area contributed by atoms with Gasteiger partial charge in [0.2, 0.25) is 0 Å².